The third-order valence-corrected chi connectivity index (χ3v) is 2.25. The Hall–Kier alpha value is -2.43. The lowest BCUT2D eigenvalue weighted by Gasteiger charge is -2.06. The minimum atomic E-state index is -1.09. The van der Waals surface area contributed by atoms with Gasteiger partial charge in [-0.15, -0.1) is 0 Å². The average molecular weight is 247 g/mol. The molecule has 0 saturated carbocycles. The second-order valence-corrected chi connectivity index (χ2v) is 3.60. The number of pyridine rings is 1. The van der Waals surface area contributed by atoms with Gasteiger partial charge in [0.2, 0.25) is 0 Å². The van der Waals surface area contributed by atoms with Crippen molar-refractivity contribution in [3.05, 3.63) is 59.7 Å². The molecule has 1 heterocycles. The number of halogens is 1. The molecule has 1 aromatic carbocycles. The van der Waals surface area contributed by atoms with Gasteiger partial charge in [0, 0.05) is 12.3 Å². The van der Waals surface area contributed by atoms with Gasteiger partial charge in [-0.25, -0.2) is 14.2 Å². The van der Waals surface area contributed by atoms with Crippen LogP contribution in [0.5, 0.6) is 5.75 Å². The number of carbonyl (C=O) groups is 1. The predicted molar refractivity (Wildman–Crippen MR) is 61.9 cm³/mol. The maximum Gasteiger partial charge on any atom is 0.354 e. The molecule has 92 valence electrons. The molecule has 1 N–H and O–H groups in total. The van der Waals surface area contributed by atoms with E-state index in [2.05, 4.69) is 4.98 Å². The Labute approximate surface area is 103 Å². The molecule has 0 fully saturated rings. The van der Waals surface area contributed by atoms with Gasteiger partial charge in [0.1, 0.15) is 23.9 Å². The van der Waals surface area contributed by atoms with Gasteiger partial charge in [-0.05, 0) is 29.8 Å². The van der Waals surface area contributed by atoms with Gasteiger partial charge in [0.05, 0.1) is 0 Å². The van der Waals surface area contributed by atoms with Gasteiger partial charge in [0.15, 0.2) is 0 Å². The zero-order valence-corrected chi connectivity index (χ0v) is 9.34. The van der Waals surface area contributed by atoms with E-state index in [1.54, 1.807) is 18.2 Å². The predicted octanol–water partition coefficient (Wildman–Crippen LogP) is 2.50. The maximum absolute atomic E-state index is 12.9. The molecule has 5 heteroatoms. The molecule has 0 atom stereocenters. The summed E-state index contributed by atoms with van der Waals surface area (Å²) in [7, 11) is 0. The molecule has 0 aliphatic heterocycles. The fourth-order valence-electron chi connectivity index (χ4n) is 1.40. The largest absolute Gasteiger partial charge is 0.489 e. The zero-order valence-electron chi connectivity index (χ0n) is 9.34. The highest BCUT2D eigenvalue weighted by molar-refractivity contribution is 5.85. The Bertz CT molecular complexity index is 572. The number of nitrogens with zero attached hydrogens (tertiary/aromatic N) is 1. The molecule has 0 spiro atoms. The van der Waals surface area contributed by atoms with Crippen molar-refractivity contribution in [3.8, 4) is 5.75 Å². The molecule has 2 rings (SSSR count). The molecule has 4 nitrogen and oxygen atoms in total. The topological polar surface area (TPSA) is 59.4 Å². The second kappa shape index (κ2) is 5.27. The van der Waals surface area contributed by atoms with Crippen molar-refractivity contribution in [2.45, 2.75) is 6.61 Å². The summed E-state index contributed by atoms with van der Waals surface area (Å²) in [6.45, 7) is 0.159. The van der Waals surface area contributed by atoms with Gasteiger partial charge >= 0.3 is 5.97 Å². The number of benzene rings is 1. The summed E-state index contributed by atoms with van der Waals surface area (Å²) in [5, 5.41) is 8.78. The maximum atomic E-state index is 12.9. The van der Waals surface area contributed by atoms with Crippen molar-refractivity contribution in [1.29, 1.82) is 0 Å². The molecule has 0 aliphatic rings. The molecule has 0 unspecified atom stereocenters. The standard InChI is InChI=1S/C13H10FNO3/c14-10-2-1-3-11(7-10)18-8-9-4-5-15-12(6-9)13(16)17/h1-7H,8H2,(H,16,17). The fourth-order valence-corrected chi connectivity index (χ4v) is 1.40. The number of rotatable bonds is 4. The van der Waals surface area contributed by atoms with E-state index in [0.717, 1.165) is 0 Å². The Balaban J connectivity index is 2.06. The van der Waals surface area contributed by atoms with Crippen LogP contribution >= 0.6 is 0 Å². The van der Waals surface area contributed by atoms with Crippen LogP contribution in [0.25, 0.3) is 0 Å². The van der Waals surface area contributed by atoms with Crippen LogP contribution in [0.3, 0.4) is 0 Å². The highest BCUT2D eigenvalue weighted by Crippen LogP contribution is 2.14. The summed E-state index contributed by atoms with van der Waals surface area (Å²) in [5.41, 5.74) is 0.613. The average Bonchev–Trinajstić information content (AvgIpc) is 2.37. The van der Waals surface area contributed by atoms with Crippen molar-refractivity contribution in [1.82, 2.24) is 4.98 Å². The van der Waals surface area contributed by atoms with Crippen LogP contribution < -0.4 is 4.74 Å². The second-order valence-electron chi connectivity index (χ2n) is 3.60. The first kappa shape index (κ1) is 12.0. The number of hydrogen-bond donors (Lipinski definition) is 1. The van der Waals surface area contributed by atoms with Crippen molar-refractivity contribution in [3.63, 3.8) is 0 Å². The number of aromatic nitrogens is 1. The highest BCUT2D eigenvalue weighted by Gasteiger charge is 2.05. The summed E-state index contributed by atoms with van der Waals surface area (Å²) in [6, 6.07) is 8.82. The molecule has 1 aromatic heterocycles. The monoisotopic (exact) mass is 247 g/mol. The summed E-state index contributed by atoms with van der Waals surface area (Å²) >= 11 is 0. The smallest absolute Gasteiger partial charge is 0.354 e. The van der Waals surface area contributed by atoms with E-state index in [1.165, 1.54) is 24.4 Å². The van der Waals surface area contributed by atoms with E-state index >= 15 is 0 Å². The van der Waals surface area contributed by atoms with Crippen molar-refractivity contribution < 1.29 is 19.0 Å². The van der Waals surface area contributed by atoms with Crippen molar-refractivity contribution >= 4 is 5.97 Å². The summed E-state index contributed by atoms with van der Waals surface area (Å²) in [4.78, 5) is 14.4. The molecule has 0 bridgehead atoms. The first-order valence-corrected chi connectivity index (χ1v) is 5.22. The number of hydrogen-bond acceptors (Lipinski definition) is 3. The first-order chi connectivity index (χ1) is 8.65. The van der Waals surface area contributed by atoms with E-state index in [0.29, 0.717) is 11.3 Å². The fraction of sp³-hybridized carbons (Fsp3) is 0.0769. The first-order valence-electron chi connectivity index (χ1n) is 5.22. The van der Waals surface area contributed by atoms with Gasteiger partial charge in [-0.3, -0.25) is 0 Å². The van der Waals surface area contributed by atoms with E-state index in [1.807, 2.05) is 0 Å². The van der Waals surface area contributed by atoms with Gasteiger partial charge < -0.3 is 9.84 Å². The molecule has 0 aliphatic carbocycles. The molecule has 0 saturated heterocycles. The van der Waals surface area contributed by atoms with Crippen LogP contribution in [0, 0.1) is 5.82 Å². The lowest BCUT2D eigenvalue weighted by Crippen LogP contribution is -2.03. The quantitative estimate of drug-likeness (QED) is 0.901. The Kier molecular flexibility index (Phi) is 3.52. The molecule has 0 radical (unpaired) electrons. The van der Waals surface area contributed by atoms with Crippen LogP contribution in [0.2, 0.25) is 0 Å². The van der Waals surface area contributed by atoms with Gasteiger partial charge in [-0.2, -0.15) is 0 Å². The zero-order chi connectivity index (χ0) is 13.0. The lowest BCUT2D eigenvalue weighted by atomic mass is 10.2. The Morgan fingerprint density at radius 1 is 1.33 bits per heavy atom. The van der Waals surface area contributed by atoms with E-state index < -0.39 is 5.97 Å². The third-order valence-electron chi connectivity index (χ3n) is 2.25. The normalized spacial score (nSPS) is 10.1. The summed E-state index contributed by atoms with van der Waals surface area (Å²) < 4.78 is 18.2. The van der Waals surface area contributed by atoms with Gasteiger partial charge in [0.25, 0.3) is 0 Å². The van der Waals surface area contributed by atoms with Crippen LogP contribution in [-0.2, 0) is 6.61 Å². The van der Waals surface area contributed by atoms with Crippen molar-refractivity contribution in [2.24, 2.45) is 0 Å². The summed E-state index contributed by atoms with van der Waals surface area (Å²) in [6.07, 6.45) is 1.40. The SMILES string of the molecule is O=C(O)c1cc(COc2cccc(F)c2)ccn1. The van der Waals surface area contributed by atoms with E-state index in [9.17, 15) is 9.18 Å². The molecule has 2 aromatic rings. The Morgan fingerprint density at radius 3 is 2.89 bits per heavy atom. The van der Waals surface area contributed by atoms with E-state index in [4.69, 9.17) is 9.84 Å². The summed E-state index contributed by atoms with van der Waals surface area (Å²) in [5.74, 6) is -1.08. The minimum absolute atomic E-state index is 0.0460. The van der Waals surface area contributed by atoms with Crippen LogP contribution in [-0.4, -0.2) is 16.1 Å². The lowest BCUT2D eigenvalue weighted by molar-refractivity contribution is 0.0690. The number of ether oxygens (including phenoxy) is 1. The minimum Gasteiger partial charge on any atom is -0.489 e. The van der Waals surface area contributed by atoms with Crippen LogP contribution in [0.15, 0.2) is 42.6 Å². The van der Waals surface area contributed by atoms with Crippen LogP contribution in [0.1, 0.15) is 16.1 Å². The molecular formula is C13H10FNO3. The number of carboxylic acids is 1. The molecule has 18 heavy (non-hydrogen) atoms. The molecule has 0 amide bonds. The van der Waals surface area contributed by atoms with Crippen molar-refractivity contribution in [2.75, 3.05) is 0 Å². The third kappa shape index (κ3) is 3.04. The van der Waals surface area contributed by atoms with Gasteiger partial charge in [-0.1, -0.05) is 6.07 Å². The highest BCUT2D eigenvalue weighted by atomic mass is 19.1. The number of carboxylic acid groups (broad SMARTS) is 1. The molecular weight excluding hydrogens is 237 g/mol. The van der Waals surface area contributed by atoms with E-state index in [-0.39, 0.29) is 18.1 Å². The Morgan fingerprint density at radius 2 is 2.17 bits per heavy atom. The number of aromatic carboxylic acids is 1. The van der Waals surface area contributed by atoms with Crippen LogP contribution in [0.4, 0.5) is 4.39 Å².